The second-order valence-corrected chi connectivity index (χ2v) is 5.42. The van der Waals surface area contributed by atoms with Crippen molar-refractivity contribution in [3.05, 3.63) is 48.2 Å². The van der Waals surface area contributed by atoms with Gasteiger partial charge in [-0.25, -0.2) is 0 Å². The molecule has 1 atom stereocenters. The Bertz CT molecular complexity index is 368. The SMILES string of the molecule is C[C@H](C=CN1CCCCC1)COCc1ccccc1. The molecule has 0 aromatic heterocycles. The summed E-state index contributed by atoms with van der Waals surface area (Å²) in [6, 6.07) is 10.4. The average molecular weight is 259 g/mol. The third-order valence-electron chi connectivity index (χ3n) is 3.51. The minimum Gasteiger partial charge on any atom is -0.378 e. The van der Waals surface area contributed by atoms with Crippen LogP contribution >= 0.6 is 0 Å². The van der Waals surface area contributed by atoms with E-state index in [1.807, 2.05) is 6.07 Å². The molecule has 1 aromatic carbocycles. The van der Waals surface area contributed by atoms with Gasteiger partial charge in [0.25, 0.3) is 0 Å². The second kappa shape index (κ2) is 8.00. The van der Waals surface area contributed by atoms with Crippen LogP contribution in [-0.2, 0) is 11.3 Å². The molecule has 1 saturated heterocycles. The Morgan fingerprint density at radius 3 is 2.63 bits per heavy atom. The van der Waals surface area contributed by atoms with Crippen molar-refractivity contribution in [2.45, 2.75) is 32.8 Å². The van der Waals surface area contributed by atoms with E-state index >= 15 is 0 Å². The van der Waals surface area contributed by atoms with Gasteiger partial charge in [-0.1, -0.05) is 43.3 Å². The van der Waals surface area contributed by atoms with Gasteiger partial charge in [0.2, 0.25) is 0 Å². The van der Waals surface area contributed by atoms with Crippen LogP contribution in [0.15, 0.2) is 42.6 Å². The monoisotopic (exact) mass is 259 g/mol. The summed E-state index contributed by atoms with van der Waals surface area (Å²) in [6.45, 7) is 6.15. The molecule has 1 fully saturated rings. The third kappa shape index (κ3) is 5.48. The van der Waals surface area contributed by atoms with Gasteiger partial charge in [-0.15, -0.1) is 0 Å². The van der Waals surface area contributed by atoms with E-state index in [9.17, 15) is 0 Å². The number of ether oxygens (including phenoxy) is 1. The summed E-state index contributed by atoms with van der Waals surface area (Å²) in [7, 11) is 0. The smallest absolute Gasteiger partial charge is 0.0717 e. The number of hydrogen-bond donors (Lipinski definition) is 0. The molecule has 0 amide bonds. The minimum absolute atomic E-state index is 0.477. The van der Waals surface area contributed by atoms with E-state index in [2.05, 4.69) is 48.4 Å². The summed E-state index contributed by atoms with van der Waals surface area (Å²) < 4.78 is 5.75. The van der Waals surface area contributed by atoms with E-state index in [4.69, 9.17) is 4.74 Å². The molecule has 2 heteroatoms. The largest absolute Gasteiger partial charge is 0.378 e. The van der Waals surface area contributed by atoms with Gasteiger partial charge in [-0.2, -0.15) is 0 Å². The lowest BCUT2D eigenvalue weighted by molar-refractivity contribution is 0.103. The quantitative estimate of drug-likeness (QED) is 0.769. The molecular weight excluding hydrogens is 234 g/mol. The van der Waals surface area contributed by atoms with Crippen LogP contribution in [0.25, 0.3) is 0 Å². The van der Waals surface area contributed by atoms with Crippen molar-refractivity contribution in [1.29, 1.82) is 0 Å². The zero-order valence-electron chi connectivity index (χ0n) is 11.9. The first-order valence-corrected chi connectivity index (χ1v) is 7.38. The van der Waals surface area contributed by atoms with Crippen LogP contribution in [-0.4, -0.2) is 24.6 Å². The maximum Gasteiger partial charge on any atom is 0.0717 e. The fourth-order valence-corrected chi connectivity index (χ4v) is 2.33. The average Bonchev–Trinajstić information content (AvgIpc) is 2.47. The molecule has 1 aliphatic rings. The van der Waals surface area contributed by atoms with Crippen LogP contribution in [0.1, 0.15) is 31.7 Å². The number of piperidine rings is 1. The van der Waals surface area contributed by atoms with Gasteiger partial charge >= 0.3 is 0 Å². The fourth-order valence-electron chi connectivity index (χ4n) is 2.33. The molecule has 104 valence electrons. The highest BCUT2D eigenvalue weighted by atomic mass is 16.5. The molecule has 0 saturated carbocycles. The maximum absolute atomic E-state index is 5.75. The maximum atomic E-state index is 5.75. The Hall–Kier alpha value is -1.28. The topological polar surface area (TPSA) is 12.5 Å². The van der Waals surface area contributed by atoms with E-state index < -0.39 is 0 Å². The number of hydrogen-bond acceptors (Lipinski definition) is 2. The van der Waals surface area contributed by atoms with Crippen molar-refractivity contribution in [1.82, 2.24) is 4.90 Å². The molecule has 0 unspecified atom stereocenters. The van der Waals surface area contributed by atoms with Gasteiger partial charge in [-0.3, -0.25) is 0 Å². The highest BCUT2D eigenvalue weighted by Gasteiger charge is 2.06. The van der Waals surface area contributed by atoms with E-state index in [1.54, 1.807) is 0 Å². The predicted molar refractivity (Wildman–Crippen MR) is 79.8 cm³/mol. The van der Waals surface area contributed by atoms with Gasteiger partial charge in [-0.05, 0) is 36.9 Å². The van der Waals surface area contributed by atoms with Gasteiger partial charge < -0.3 is 9.64 Å². The molecule has 0 spiro atoms. The summed E-state index contributed by atoms with van der Waals surface area (Å²) in [6.07, 6.45) is 8.60. The van der Waals surface area contributed by atoms with Gasteiger partial charge in [0.1, 0.15) is 0 Å². The summed E-state index contributed by atoms with van der Waals surface area (Å²) >= 11 is 0. The Morgan fingerprint density at radius 1 is 1.16 bits per heavy atom. The standard InChI is InChI=1S/C17H25NO/c1-16(10-13-18-11-6-3-7-12-18)14-19-15-17-8-4-2-5-9-17/h2,4-5,8-10,13,16H,3,6-7,11-12,14-15H2,1H3/t16-/m1/s1. The molecule has 1 aliphatic heterocycles. The molecule has 2 rings (SSSR count). The number of benzene rings is 1. The van der Waals surface area contributed by atoms with Crippen LogP contribution in [0.3, 0.4) is 0 Å². The van der Waals surface area contributed by atoms with E-state index in [0.29, 0.717) is 12.5 Å². The minimum atomic E-state index is 0.477. The van der Waals surface area contributed by atoms with Gasteiger partial charge in [0, 0.05) is 13.1 Å². The zero-order chi connectivity index (χ0) is 13.3. The molecular formula is C17H25NO. The Kier molecular flexibility index (Phi) is 5.96. The van der Waals surface area contributed by atoms with Crippen molar-refractivity contribution < 1.29 is 4.74 Å². The summed E-state index contributed by atoms with van der Waals surface area (Å²) in [5.41, 5.74) is 1.25. The lowest BCUT2D eigenvalue weighted by Gasteiger charge is -2.25. The highest BCUT2D eigenvalue weighted by molar-refractivity contribution is 5.13. The fraction of sp³-hybridized carbons (Fsp3) is 0.529. The Labute approximate surface area is 117 Å². The Morgan fingerprint density at radius 2 is 1.89 bits per heavy atom. The first-order chi connectivity index (χ1) is 9.34. The number of nitrogens with zero attached hydrogens (tertiary/aromatic N) is 1. The van der Waals surface area contributed by atoms with E-state index in [-0.39, 0.29) is 0 Å². The van der Waals surface area contributed by atoms with E-state index in [1.165, 1.54) is 37.9 Å². The molecule has 2 nitrogen and oxygen atoms in total. The normalized spacial score (nSPS) is 17.8. The molecule has 1 heterocycles. The first kappa shape index (κ1) is 14.1. The molecule has 0 N–H and O–H groups in total. The van der Waals surface area contributed by atoms with E-state index in [0.717, 1.165) is 6.61 Å². The lowest BCUT2D eigenvalue weighted by Crippen LogP contribution is -2.24. The van der Waals surface area contributed by atoms with Crippen molar-refractivity contribution in [3.8, 4) is 0 Å². The third-order valence-corrected chi connectivity index (χ3v) is 3.51. The lowest BCUT2D eigenvalue weighted by atomic mass is 10.1. The van der Waals surface area contributed by atoms with Crippen molar-refractivity contribution >= 4 is 0 Å². The van der Waals surface area contributed by atoms with Crippen molar-refractivity contribution in [2.75, 3.05) is 19.7 Å². The van der Waals surface area contributed by atoms with Crippen molar-refractivity contribution in [3.63, 3.8) is 0 Å². The first-order valence-electron chi connectivity index (χ1n) is 7.38. The number of rotatable bonds is 6. The zero-order valence-corrected chi connectivity index (χ0v) is 11.9. The number of likely N-dealkylation sites (tertiary alicyclic amines) is 1. The van der Waals surface area contributed by atoms with Crippen LogP contribution in [0.5, 0.6) is 0 Å². The highest BCUT2D eigenvalue weighted by Crippen LogP contribution is 2.10. The Balaban J connectivity index is 1.64. The summed E-state index contributed by atoms with van der Waals surface area (Å²) in [5.74, 6) is 0.477. The van der Waals surface area contributed by atoms with Crippen LogP contribution in [0.2, 0.25) is 0 Å². The molecule has 0 bridgehead atoms. The molecule has 0 radical (unpaired) electrons. The van der Waals surface area contributed by atoms with Gasteiger partial charge in [0.15, 0.2) is 0 Å². The second-order valence-electron chi connectivity index (χ2n) is 5.42. The molecule has 0 aliphatic carbocycles. The van der Waals surface area contributed by atoms with Gasteiger partial charge in [0.05, 0.1) is 13.2 Å². The van der Waals surface area contributed by atoms with Crippen molar-refractivity contribution in [2.24, 2.45) is 5.92 Å². The van der Waals surface area contributed by atoms with Crippen LogP contribution < -0.4 is 0 Å². The van der Waals surface area contributed by atoms with Crippen LogP contribution in [0, 0.1) is 5.92 Å². The predicted octanol–water partition coefficient (Wildman–Crippen LogP) is 3.84. The molecule has 1 aromatic rings. The summed E-state index contributed by atoms with van der Waals surface area (Å²) in [4.78, 5) is 2.43. The molecule has 19 heavy (non-hydrogen) atoms. The summed E-state index contributed by atoms with van der Waals surface area (Å²) in [5, 5.41) is 0. The van der Waals surface area contributed by atoms with Crippen LogP contribution in [0.4, 0.5) is 0 Å².